The highest BCUT2D eigenvalue weighted by Gasteiger charge is 2.22. The lowest BCUT2D eigenvalue weighted by atomic mass is 10.2. The predicted molar refractivity (Wildman–Crippen MR) is 63.4 cm³/mol. The molecule has 0 radical (unpaired) electrons. The van der Waals surface area contributed by atoms with E-state index >= 15 is 0 Å². The van der Waals surface area contributed by atoms with Gasteiger partial charge in [0.2, 0.25) is 0 Å². The summed E-state index contributed by atoms with van der Waals surface area (Å²) < 4.78 is 0. The molecular formula is C11H18N2OS. The van der Waals surface area contributed by atoms with E-state index in [2.05, 4.69) is 16.9 Å². The largest absolute Gasteiger partial charge is 0.391 e. The lowest BCUT2D eigenvalue weighted by Gasteiger charge is -2.23. The Morgan fingerprint density at radius 3 is 2.67 bits per heavy atom. The minimum atomic E-state index is 0.113. The summed E-state index contributed by atoms with van der Waals surface area (Å²) in [5.74, 6) is 0. The van der Waals surface area contributed by atoms with Gasteiger partial charge in [-0.1, -0.05) is 24.2 Å². The van der Waals surface area contributed by atoms with Crippen molar-refractivity contribution in [2.45, 2.75) is 45.3 Å². The highest BCUT2D eigenvalue weighted by Crippen LogP contribution is 2.31. The number of rotatable bonds is 3. The molecule has 0 amide bonds. The summed E-state index contributed by atoms with van der Waals surface area (Å²) in [6, 6.07) is 0.655. The van der Waals surface area contributed by atoms with Crippen molar-refractivity contribution in [3.8, 4) is 0 Å². The molecule has 0 aliphatic heterocycles. The lowest BCUT2D eigenvalue weighted by molar-refractivity contribution is 0.284. The molecule has 1 N–H and O–H groups in total. The van der Waals surface area contributed by atoms with Gasteiger partial charge in [-0.25, -0.2) is 4.98 Å². The van der Waals surface area contributed by atoms with E-state index in [4.69, 9.17) is 5.11 Å². The molecule has 1 saturated carbocycles. The lowest BCUT2D eigenvalue weighted by Crippen LogP contribution is -2.28. The molecule has 2 rings (SSSR count). The van der Waals surface area contributed by atoms with Gasteiger partial charge in [0.1, 0.15) is 0 Å². The second-order valence-corrected chi connectivity index (χ2v) is 5.27. The zero-order chi connectivity index (χ0) is 10.8. The zero-order valence-corrected chi connectivity index (χ0v) is 10.2. The number of aromatic nitrogens is 1. The molecule has 15 heavy (non-hydrogen) atoms. The van der Waals surface area contributed by atoms with E-state index in [0.29, 0.717) is 6.04 Å². The molecule has 0 aromatic carbocycles. The van der Waals surface area contributed by atoms with Crippen molar-refractivity contribution in [2.24, 2.45) is 0 Å². The van der Waals surface area contributed by atoms with Crippen LogP contribution in [0.15, 0.2) is 0 Å². The molecular weight excluding hydrogens is 208 g/mol. The standard InChI is InChI=1S/C11H18N2OS/c1-8-10(7-14)15-11(12-8)13(2)9-5-3-4-6-9/h9,14H,3-7H2,1-2H3. The normalized spacial score (nSPS) is 17.3. The molecule has 4 heteroatoms. The van der Waals surface area contributed by atoms with Crippen LogP contribution in [0, 0.1) is 6.92 Å². The molecule has 1 aromatic rings. The van der Waals surface area contributed by atoms with Gasteiger partial charge < -0.3 is 10.0 Å². The SMILES string of the molecule is Cc1nc(N(C)C2CCCC2)sc1CO. The van der Waals surface area contributed by atoms with Gasteiger partial charge in [0, 0.05) is 13.1 Å². The summed E-state index contributed by atoms with van der Waals surface area (Å²) in [6.07, 6.45) is 5.24. The van der Waals surface area contributed by atoms with Gasteiger partial charge >= 0.3 is 0 Å². The van der Waals surface area contributed by atoms with Gasteiger partial charge in [0.05, 0.1) is 17.2 Å². The Labute approximate surface area is 94.8 Å². The average molecular weight is 226 g/mol. The fraction of sp³-hybridized carbons (Fsp3) is 0.727. The Morgan fingerprint density at radius 1 is 1.47 bits per heavy atom. The molecule has 0 spiro atoms. The van der Waals surface area contributed by atoms with Crippen molar-refractivity contribution in [3.63, 3.8) is 0 Å². The van der Waals surface area contributed by atoms with E-state index < -0.39 is 0 Å². The van der Waals surface area contributed by atoms with Crippen molar-refractivity contribution in [1.82, 2.24) is 4.98 Å². The number of thiazole rings is 1. The first kappa shape index (κ1) is 10.9. The molecule has 1 heterocycles. The molecule has 1 fully saturated rings. The van der Waals surface area contributed by atoms with Crippen molar-refractivity contribution in [2.75, 3.05) is 11.9 Å². The third-order valence-electron chi connectivity index (χ3n) is 3.20. The van der Waals surface area contributed by atoms with Crippen LogP contribution in [0.25, 0.3) is 0 Å². The number of anilines is 1. The Hall–Kier alpha value is -0.610. The number of nitrogens with zero attached hydrogens (tertiary/aromatic N) is 2. The van der Waals surface area contributed by atoms with Crippen LogP contribution in [0.1, 0.15) is 36.3 Å². The van der Waals surface area contributed by atoms with Crippen LogP contribution in [-0.2, 0) is 6.61 Å². The first-order valence-corrected chi connectivity index (χ1v) is 6.34. The summed E-state index contributed by atoms with van der Waals surface area (Å²) in [6.45, 7) is 2.08. The third-order valence-corrected chi connectivity index (χ3v) is 4.43. The molecule has 1 aliphatic carbocycles. The Balaban J connectivity index is 2.13. The van der Waals surface area contributed by atoms with Gasteiger partial charge in [0.25, 0.3) is 0 Å². The minimum absolute atomic E-state index is 0.113. The van der Waals surface area contributed by atoms with Crippen molar-refractivity contribution >= 4 is 16.5 Å². The molecule has 1 aliphatic rings. The molecule has 0 atom stereocenters. The highest BCUT2D eigenvalue weighted by atomic mass is 32.1. The number of aliphatic hydroxyl groups excluding tert-OH is 1. The van der Waals surface area contributed by atoms with Crippen LogP contribution >= 0.6 is 11.3 Å². The molecule has 3 nitrogen and oxygen atoms in total. The van der Waals surface area contributed by atoms with Gasteiger partial charge in [-0.15, -0.1) is 0 Å². The minimum Gasteiger partial charge on any atom is -0.391 e. The van der Waals surface area contributed by atoms with Crippen LogP contribution in [-0.4, -0.2) is 23.2 Å². The van der Waals surface area contributed by atoms with Crippen LogP contribution < -0.4 is 4.90 Å². The summed E-state index contributed by atoms with van der Waals surface area (Å²) in [7, 11) is 2.12. The van der Waals surface area contributed by atoms with Crippen molar-refractivity contribution < 1.29 is 5.11 Å². The predicted octanol–water partition coefficient (Wildman–Crippen LogP) is 2.32. The highest BCUT2D eigenvalue weighted by molar-refractivity contribution is 7.15. The van der Waals surface area contributed by atoms with Gasteiger partial charge in [-0.2, -0.15) is 0 Å². The van der Waals surface area contributed by atoms with Gasteiger partial charge in [-0.05, 0) is 19.8 Å². The second-order valence-electron chi connectivity index (χ2n) is 4.21. The summed E-state index contributed by atoms with van der Waals surface area (Å²) in [4.78, 5) is 7.79. The maximum absolute atomic E-state index is 9.13. The molecule has 0 saturated heterocycles. The maximum atomic E-state index is 9.13. The Morgan fingerprint density at radius 2 is 2.13 bits per heavy atom. The van der Waals surface area contributed by atoms with Gasteiger partial charge in [0.15, 0.2) is 5.13 Å². The smallest absolute Gasteiger partial charge is 0.185 e. The molecule has 0 unspecified atom stereocenters. The topological polar surface area (TPSA) is 36.4 Å². The fourth-order valence-corrected chi connectivity index (χ4v) is 3.11. The van der Waals surface area contributed by atoms with E-state index in [9.17, 15) is 0 Å². The summed E-state index contributed by atoms with van der Waals surface area (Å²) >= 11 is 1.62. The number of aryl methyl sites for hydroxylation is 1. The number of hydrogen-bond donors (Lipinski definition) is 1. The first-order valence-electron chi connectivity index (χ1n) is 5.52. The van der Waals surface area contributed by atoms with Crippen LogP contribution in [0.2, 0.25) is 0 Å². The number of aliphatic hydroxyl groups is 1. The van der Waals surface area contributed by atoms with Crippen LogP contribution in [0.4, 0.5) is 5.13 Å². The third kappa shape index (κ3) is 2.16. The molecule has 1 aromatic heterocycles. The monoisotopic (exact) mass is 226 g/mol. The van der Waals surface area contributed by atoms with Crippen molar-refractivity contribution in [3.05, 3.63) is 10.6 Å². The Bertz CT molecular complexity index is 331. The van der Waals surface area contributed by atoms with Crippen LogP contribution in [0.3, 0.4) is 0 Å². The van der Waals surface area contributed by atoms with Crippen LogP contribution in [0.5, 0.6) is 0 Å². The number of hydrogen-bond acceptors (Lipinski definition) is 4. The summed E-state index contributed by atoms with van der Waals surface area (Å²) in [5, 5.41) is 10.2. The van der Waals surface area contributed by atoms with E-state index in [0.717, 1.165) is 15.7 Å². The molecule has 84 valence electrons. The quantitative estimate of drug-likeness (QED) is 0.859. The second kappa shape index (κ2) is 4.49. The Kier molecular flexibility index (Phi) is 3.26. The average Bonchev–Trinajstić information content (AvgIpc) is 2.85. The van der Waals surface area contributed by atoms with Gasteiger partial charge in [-0.3, -0.25) is 0 Å². The summed E-state index contributed by atoms with van der Waals surface area (Å²) in [5.41, 5.74) is 0.974. The first-order chi connectivity index (χ1) is 7.22. The molecule has 0 bridgehead atoms. The zero-order valence-electron chi connectivity index (χ0n) is 9.36. The van der Waals surface area contributed by atoms with E-state index in [1.807, 2.05) is 6.92 Å². The van der Waals surface area contributed by atoms with E-state index in [1.54, 1.807) is 11.3 Å². The fourth-order valence-electron chi connectivity index (χ4n) is 2.16. The maximum Gasteiger partial charge on any atom is 0.185 e. The van der Waals surface area contributed by atoms with E-state index in [-0.39, 0.29) is 6.61 Å². The van der Waals surface area contributed by atoms with E-state index in [1.165, 1.54) is 25.7 Å². The van der Waals surface area contributed by atoms with Crippen molar-refractivity contribution in [1.29, 1.82) is 0 Å².